The van der Waals surface area contributed by atoms with Gasteiger partial charge in [-0.1, -0.05) is 25.4 Å². The highest BCUT2D eigenvalue weighted by atomic mass is 35.5. The van der Waals surface area contributed by atoms with Crippen LogP contribution in [0.15, 0.2) is 6.20 Å². The Morgan fingerprint density at radius 2 is 2.13 bits per heavy atom. The lowest BCUT2D eigenvalue weighted by Gasteiger charge is -2.10. The smallest absolute Gasteiger partial charge is 0.340 e. The van der Waals surface area contributed by atoms with Crippen LogP contribution in [0.3, 0.4) is 0 Å². The minimum absolute atomic E-state index is 0.0133. The summed E-state index contributed by atoms with van der Waals surface area (Å²) in [5.74, 6) is -0.239. The number of aromatic carboxylic acids is 1. The van der Waals surface area contributed by atoms with E-state index in [9.17, 15) is 4.79 Å². The van der Waals surface area contributed by atoms with Gasteiger partial charge < -0.3 is 5.11 Å². The molecule has 1 rings (SSSR count). The summed E-state index contributed by atoms with van der Waals surface area (Å²) < 4.78 is 0. The van der Waals surface area contributed by atoms with Crippen LogP contribution < -0.4 is 0 Å². The van der Waals surface area contributed by atoms with Gasteiger partial charge in [0, 0.05) is 12.1 Å². The summed E-state index contributed by atoms with van der Waals surface area (Å²) >= 11 is 5.75. The maximum atomic E-state index is 10.7. The number of rotatable bonds is 4. The fourth-order valence-electron chi connectivity index (χ4n) is 1.37. The maximum absolute atomic E-state index is 10.7. The second-order valence-corrected chi connectivity index (χ2v) is 3.61. The number of hydrogen-bond donors (Lipinski definition) is 1. The molecule has 1 heterocycles. The first-order valence-corrected chi connectivity index (χ1v) is 5.23. The number of carboxylic acid groups (broad SMARTS) is 1. The van der Waals surface area contributed by atoms with Crippen molar-refractivity contribution < 1.29 is 9.90 Å². The van der Waals surface area contributed by atoms with Crippen molar-refractivity contribution in [3.63, 3.8) is 0 Å². The second-order valence-electron chi connectivity index (χ2n) is 3.25. The van der Waals surface area contributed by atoms with Crippen molar-refractivity contribution in [1.82, 2.24) is 9.97 Å². The Morgan fingerprint density at radius 3 is 2.53 bits per heavy atom. The SMILES string of the molecule is CCC(CC)c1ncc(C(=O)O)c(Cl)n1. The average Bonchev–Trinajstić information content (AvgIpc) is 2.19. The van der Waals surface area contributed by atoms with E-state index >= 15 is 0 Å². The zero-order valence-corrected chi connectivity index (χ0v) is 9.45. The molecule has 1 N–H and O–H groups in total. The van der Waals surface area contributed by atoms with Gasteiger partial charge in [0.05, 0.1) is 0 Å². The Hall–Kier alpha value is -1.16. The zero-order chi connectivity index (χ0) is 11.4. The minimum atomic E-state index is -1.10. The zero-order valence-electron chi connectivity index (χ0n) is 8.70. The van der Waals surface area contributed by atoms with E-state index in [1.54, 1.807) is 0 Å². The van der Waals surface area contributed by atoms with Crippen LogP contribution in [-0.4, -0.2) is 21.0 Å². The molecule has 5 heteroatoms. The number of nitrogens with zero attached hydrogens (tertiary/aromatic N) is 2. The summed E-state index contributed by atoms with van der Waals surface area (Å²) in [7, 11) is 0. The third-order valence-electron chi connectivity index (χ3n) is 2.34. The number of carbonyl (C=O) groups is 1. The van der Waals surface area contributed by atoms with Crippen molar-refractivity contribution in [2.75, 3.05) is 0 Å². The number of aromatic nitrogens is 2. The van der Waals surface area contributed by atoms with Gasteiger partial charge in [0.25, 0.3) is 0 Å². The molecule has 4 nitrogen and oxygen atoms in total. The van der Waals surface area contributed by atoms with Gasteiger partial charge >= 0.3 is 5.97 Å². The molecule has 0 amide bonds. The molecular formula is C10H13ClN2O2. The van der Waals surface area contributed by atoms with Gasteiger partial charge in [-0.25, -0.2) is 14.8 Å². The molecule has 0 aliphatic heterocycles. The molecule has 0 saturated carbocycles. The van der Waals surface area contributed by atoms with Crippen LogP contribution >= 0.6 is 11.6 Å². The van der Waals surface area contributed by atoms with Crippen LogP contribution in [0, 0.1) is 0 Å². The summed E-state index contributed by atoms with van der Waals surface area (Å²) in [6.45, 7) is 4.08. The highest BCUT2D eigenvalue weighted by molar-refractivity contribution is 6.32. The summed E-state index contributed by atoms with van der Waals surface area (Å²) in [5, 5.41) is 8.76. The third kappa shape index (κ3) is 2.65. The van der Waals surface area contributed by atoms with Crippen molar-refractivity contribution in [2.24, 2.45) is 0 Å². The van der Waals surface area contributed by atoms with Crippen molar-refractivity contribution in [3.8, 4) is 0 Å². The molecule has 1 aromatic rings. The molecule has 0 saturated heterocycles. The second kappa shape index (κ2) is 5.07. The van der Waals surface area contributed by atoms with E-state index in [4.69, 9.17) is 16.7 Å². The lowest BCUT2D eigenvalue weighted by Crippen LogP contribution is -2.07. The summed E-state index contributed by atoms with van der Waals surface area (Å²) in [4.78, 5) is 18.7. The Bertz CT molecular complexity index is 364. The van der Waals surface area contributed by atoms with Crippen molar-refractivity contribution in [1.29, 1.82) is 0 Å². The van der Waals surface area contributed by atoms with Crippen LogP contribution in [0.1, 0.15) is 48.8 Å². The fraction of sp³-hybridized carbons (Fsp3) is 0.500. The van der Waals surface area contributed by atoms with Crippen LogP contribution in [0.25, 0.3) is 0 Å². The van der Waals surface area contributed by atoms with E-state index < -0.39 is 5.97 Å². The number of carboxylic acids is 1. The quantitative estimate of drug-likeness (QED) is 0.805. The van der Waals surface area contributed by atoms with Crippen molar-refractivity contribution in [2.45, 2.75) is 32.6 Å². The first-order chi connectivity index (χ1) is 7.10. The van der Waals surface area contributed by atoms with Crippen LogP contribution in [0.4, 0.5) is 0 Å². The standard InChI is InChI=1S/C10H13ClN2O2/c1-3-6(4-2)9-12-5-7(10(14)15)8(11)13-9/h5-6H,3-4H2,1-2H3,(H,14,15). The van der Waals surface area contributed by atoms with Gasteiger partial charge in [0.1, 0.15) is 16.5 Å². The topological polar surface area (TPSA) is 63.1 Å². The first kappa shape index (κ1) is 11.9. The van der Waals surface area contributed by atoms with Gasteiger partial charge in [-0.05, 0) is 12.8 Å². The van der Waals surface area contributed by atoms with E-state index in [2.05, 4.69) is 9.97 Å². The lowest BCUT2D eigenvalue weighted by molar-refractivity contribution is 0.0696. The average molecular weight is 229 g/mol. The lowest BCUT2D eigenvalue weighted by atomic mass is 10.0. The van der Waals surface area contributed by atoms with E-state index in [1.807, 2.05) is 13.8 Å². The van der Waals surface area contributed by atoms with Gasteiger partial charge in [0.15, 0.2) is 0 Å². The molecule has 82 valence electrons. The molecular weight excluding hydrogens is 216 g/mol. The highest BCUT2D eigenvalue weighted by Crippen LogP contribution is 2.21. The summed E-state index contributed by atoms with van der Waals surface area (Å²) in [6, 6.07) is 0. The third-order valence-corrected chi connectivity index (χ3v) is 2.63. The Morgan fingerprint density at radius 1 is 1.53 bits per heavy atom. The van der Waals surface area contributed by atoms with Crippen molar-refractivity contribution in [3.05, 3.63) is 22.7 Å². The van der Waals surface area contributed by atoms with Gasteiger partial charge in [-0.3, -0.25) is 0 Å². The molecule has 0 atom stereocenters. The van der Waals surface area contributed by atoms with E-state index in [0.29, 0.717) is 5.82 Å². The molecule has 15 heavy (non-hydrogen) atoms. The largest absolute Gasteiger partial charge is 0.478 e. The highest BCUT2D eigenvalue weighted by Gasteiger charge is 2.15. The van der Waals surface area contributed by atoms with Gasteiger partial charge in [-0.2, -0.15) is 0 Å². The molecule has 0 fully saturated rings. The minimum Gasteiger partial charge on any atom is -0.478 e. The monoisotopic (exact) mass is 228 g/mol. The van der Waals surface area contributed by atoms with Crippen LogP contribution in [0.2, 0.25) is 5.15 Å². The van der Waals surface area contributed by atoms with E-state index in [-0.39, 0.29) is 16.6 Å². The Balaban J connectivity index is 3.05. The molecule has 0 radical (unpaired) electrons. The van der Waals surface area contributed by atoms with E-state index in [1.165, 1.54) is 6.20 Å². The molecule has 1 aromatic heterocycles. The predicted octanol–water partition coefficient (Wildman–Crippen LogP) is 2.73. The van der Waals surface area contributed by atoms with Gasteiger partial charge in [-0.15, -0.1) is 0 Å². The van der Waals surface area contributed by atoms with Crippen molar-refractivity contribution >= 4 is 17.6 Å². The molecule has 0 bridgehead atoms. The predicted molar refractivity (Wildman–Crippen MR) is 57.3 cm³/mol. The molecule has 0 unspecified atom stereocenters. The Kier molecular flexibility index (Phi) is 4.03. The number of hydrogen-bond acceptors (Lipinski definition) is 3. The number of halogens is 1. The van der Waals surface area contributed by atoms with E-state index in [0.717, 1.165) is 12.8 Å². The summed E-state index contributed by atoms with van der Waals surface area (Å²) in [5.41, 5.74) is -0.0497. The van der Waals surface area contributed by atoms with Gasteiger partial charge in [0.2, 0.25) is 0 Å². The van der Waals surface area contributed by atoms with Crippen LogP contribution in [0.5, 0.6) is 0 Å². The maximum Gasteiger partial charge on any atom is 0.340 e. The Labute approximate surface area is 93.3 Å². The normalized spacial score (nSPS) is 10.7. The summed E-state index contributed by atoms with van der Waals surface area (Å²) in [6.07, 6.45) is 3.10. The first-order valence-electron chi connectivity index (χ1n) is 4.85. The molecule has 0 aliphatic carbocycles. The molecule has 0 aliphatic rings. The fourth-order valence-corrected chi connectivity index (χ4v) is 1.58. The van der Waals surface area contributed by atoms with Crippen LogP contribution in [-0.2, 0) is 0 Å². The molecule has 0 spiro atoms. The molecule has 0 aromatic carbocycles.